The van der Waals surface area contributed by atoms with Gasteiger partial charge in [0.15, 0.2) is 0 Å². The second-order valence-electron chi connectivity index (χ2n) is 6.33. The minimum absolute atomic E-state index is 1.05. The van der Waals surface area contributed by atoms with Gasteiger partial charge in [0.2, 0.25) is 0 Å². The lowest BCUT2D eigenvalue weighted by atomic mass is 9.91. The van der Waals surface area contributed by atoms with Gasteiger partial charge >= 0.3 is 0 Å². The standard InChI is InChI=1S/C22H19N/c1-14-11-15(2)22(16(3)12-14)18-8-6-10-21-19(18)13-17-7-4-5-9-20(17)23-21/h4-13H,1-3H3. The third-order valence-corrected chi connectivity index (χ3v) is 4.51. The minimum Gasteiger partial charge on any atom is -0.248 e. The molecule has 0 saturated carbocycles. The number of hydrogen-bond acceptors (Lipinski definition) is 1. The zero-order valence-corrected chi connectivity index (χ0v) is 13.7. The first-order valence-electron chi connectivity index (χ1n) is 8.00. The number of hydrogen-bond donors (Lipinski definition) is 0. The van der Waals surface area contributed by atoms with Crippen molar-refractivity contribution >= 4 is 21.8 Å². The Hall–Kier alpha value is -2.67. The summed E-state index contributed by atoms with van der Waals surface area (Å²) in [4.78, 5) is 4.84. The molecule has 0 radical (unpaired) electrons. The van der Waals surface area contributed by atoms with Crippen LogP contribution in [0.2, 0.25) is 0 Å². The van der Waals surface area contributed by atoms with E-state index < -0.39 is 0 Å². The predicted molar refractivity (Wildman–Crippen MR) is 98.9 cm³/mol. The number of aromatic nitrogens is 1. The number of pyridine rings is 1. The highest BCUT2D eigenvalue weighted by Crippen LogP contribution is 2.34. The summed E-state index contributed by atoms with van der Waals surface area (Å²) in [6.45, 7) is 6.55. The molecule has 1 nitrogen and oxygen atoms in total. The fraction of sp³-hybridized carbons (Fsp3) is 0.136. The van der Waals surface area contributed by atoms with Gasteiger partial charge in [0.25, 0.3) is 0 Å². The molecule has 3 aromatic carbocycles. The molecule has 23 heavy (non-hydrogen) atoms. The van der Waals surface area contributed by atoms with Gasteiger partial charge in [0.1, 0.15) is 0 Å². The van der Waals surface area contributed by atoms with Crippen molar-refractivity contribution < 1.29 is 0 Å². The lowest BCUT2D eigenvalue weighted by Crippen LogP contribution is -1.92. The van der Waals surface area contributed by atoms with Crippen LogP contribution in [0, 0.1) is 20.8 Å². The Morgan fingerprint density at radius 1 is 0.696 bits per heavy atom. The van der Waals surface area contributed by atoms with Gasteiger partial charge in [0.05, 0.1) is 11.0 Å². The van der Waals surface area contributed by atoms with E-state index in [-0.39, 0.29) is 0 Å². The van der Waals surface area contributed by atoms with E-state index in [1.54, 1.807) is 0 Å². The molecule has 0 aliphatic rings. The molecule has 4 rings (SSSR count). The molecule has 0 saturated heterocycles. The molecule has 0 bridgehead atoms. The lowest BCUT2D eigenvalue weighted by molar-refractivity contribution is 1.32. The molecular formula is C22H19N. The summed E-state index contributed by atoms with van der Waals surface area (Å²) < 4.78 is 0. The van der Waals surface area contributed by atoms with Crippen molar-refractivity contribution in [3.8, 4) is 11.1 Å². The van der Waals surface area contributed by atoms with Gasteiger partial charge in [-0.15, -0.1) is 0 Å². The Balaban J connectivity index is 2.10. The van der Waals surface area contributed by atoms with Gasteiger partial charge in [-0.3, -0.25) is 0 Å². The fourth-order valence-electron chi connectivity index (χ4n) is 3.62. The summed E-state index contributed by atoms with van der Waals surface area (Å²) in [5, 5.41) is 2.41. The van der Waals surface area contributed by atoms with Crippen LogP contribution in [-0.2, 0) is 0 Å². The third-order valence-electron chi connectivity index (χ3n) is 4.51. The summed E-state index contributed by atoms with van der Waals surface area (Å²) in [6, 6.07) is 21.5. The van der Waals surface area contributed by atoms with Crippen LogP contribution in [-0.4, -0.2) is 4.98 Å². The number of benzene rings is 3. The van der Waals surface area contributed by atoms with Gasteiger partial charge in [0, 0.05) is 10.8 Å². The maximum Gasteiger partial charge on any atom is 0.0715 e. The topological polar surface area (TPSA) is 12.9 Å². The smallest absolute Gasteiger partial charge is 0.0715 e. The molecule has 0 unspecified atom stereocenters. The highest BCUT2D eigenvalue weighted by atomic mass is 14.7. The zero-order chi connectivity index (χ0) is 16.0. The first-order chi connectivity index (χ1) is 11.1. The van der Waals surface area contributed by atoms with Gasteiger partial charge in [-0.25, -0.2) is 4.98 Å². The second-order valence-corrected chi connectivity index (χ2v) is 6.33. The number of nitrogens with zero attached hydrogens (tertiary/aromatic N) is 1. The summed E-state index contributed by atoms with van der Waals surface area (Å²) in [5.41, 5.74) is 8.67. The Labute approximate surface area is 136 Å². The van der Waals surface area contributed by atoms with Gasteiger partial charge in [-0.2, -0.15) is 0 Å². The molecule has 1 heteroatoms. The van der Waals surface area contributed by atoms with Crippen molar-refractivity contribution in [3.63, 3.8) is 0 Å². The molecule has 1 aromatic heterocycles. The third kappa shape index (κ3) is 2.29. The molecule has 0 atom stereocenters. The van der Waals surface area contributed by atoms with E-state index in [1.807, 2.05) is 6.07 Å². The van der Waals surface area contributed by atoms with Crippen LogP contribution in [0.25, 0.3) is 32.9 Å². The number of rotatable bonds is 1. The molecule has 0 aliphatic heterocycles. The van der Waals surface area contributed by atoms with Crippen molar-refractivity contribution in [1.82, 2.24) is 4.98 Å². The minimum atomic E-state index is 1.05. The molecule has 0 aliphatic carbocycles. The molecule has 0 spiro atoms. The Morgan fingerprint density at radius 3 is 2.17 bits per heavy atom. The largest absolute Gasteiger partial charge is 0.248 e. The number of fused-ring (bicyclic) bond motifs is 2. The Kier molecular flexibility index (Phi) is 3.16. The van der Waals surface area contributed by atoms with Crippen molar-refractivity contribution in [1.29, 1.82) is 0 Å². The maximum absolute atomic E-state index is 4.84. The summed E-state index contributed by atoms with van der Waals surface area (Å²) in [6.07, 6.45) is 0. The Bertz CT molecular complexity index is 1020. The average Bonchev–Trinajstić information content (AvgIpc) is 2.52. The first kappa shape index (κ1) is 14.0. The van der Waals surface area contributed by atoms with E-state index in [9.17, 15) is 0 Å². The summed E-state index contributed by atoms with van der Waals surface area (Å²) >= 11 is 0. The van der Waals surface area contributed by atoms with E-state index in [0.717, 1.165) is 11.0 Å². The van der Waals surface area contributed by atoms with Crippen LogP contribution in [0.1, 0.15) is 16.7 Å². The van der Waals surface area contributed by atoms with Crippen LogP contribution < -0.4 is 0 Å². The normalized spacial score (nSPS) is 11.3. The molecule has 4 aromatic rings. The first-order valence-corrected chi connectivity index (χ1v) is 8.00. The van der Waals surface area contributed by atoms with E-state index in [2.05, 4.69) is 75.4 Å². The fourth-order valence-corrected chi connectivity index (χ4v) is 3.62. The maximum atomic E-state index is 4.84. The van der Waals surface area contributed by atoms with Crippen molar-refractivity contribution in [3.05, 3.63) is 77.4 Å². The van der Waals surface area contributed by atoms with Crippen molar-refractivity contribution in [2.75, 3.05) is 0 Å². The second kappa shape index (κ2) is 5.20. The van der Waals surface area contributed by atoms with E-state index >= 15 is 0 Å². The Morgan fingerprint density at radius 2 is 1.39 bits per heavy atom. The molecule has 0 fully saturated rings. The molecule has 0 amide bonds. The molecular weight excluding hydrogens is 278 g/mol. The van der Waals surface area contributed by atoms with E-state index in [0.29, 0.717) is 0 Å². The quantitative estimate of drug-likeness (QED) is 0.394. The molecule has 112 valence electrons. The zero-order valence-electron chi connectivity index (χ0n) is 13.7. The monoisotopic (exact) mass is 297 g/mol. The highest BCUT2D eigenvalue weighted by Gasteiger charge is 2.11. The predicted octanol–water partition coefficient (Wildman–Crippen LogP) is 5.98. The van der Waals surface area contributed by atoms with Crippen molar-refractivity contribution in [2.24, 2.45) is 0 Å². The highest BCUT2D eigenvalue weighted by molar-refractivity contribution is 6.02. The van der Waals surface area contributed by atoms with E-state index in [1.165, 1.54) is 38.6 Å². The van der Waals surface area contributed by atoms with Crippen LogP contribution in [0.5, 0.6) is 0 Å². The number of aryl methyl sites for hydroxylation is 3. The number of para-hydroxylation sites is 1. The van der Waals surface area contributed by atoms with Crippen LogP contribution in [0.15, 0.2) is 60.7 Å². The van der Waals surface area contributed by atoms with Gasteiger partial charge in [-0.05, 0) is 61.2 Å². The van der Waals surface area contributed by atoms with Crippen LogP contribution >= 0.6 is 0 Å². The lowest BCUT2D eigenvalue weighted by Gasteiger charge is -2.14. The van der Waals surface area contributed by atoms with Gasteiger partial charge < -0.3 is 0 Å². The van der Waals surface area contributed by atoms with Crippen molar-refractivity contribution in [2.45, 2.75) is 20.8 Å². The average molecular weight is 297 g/mol. The van der Waals surface area contributed by atoms with Crippen LogP contribution in [0.4, 0.5) is 0 Å². The SMILES string of the molecule is Cc1cc(C)c(-c2cccc3nc4ccccc4cc23)c(C)c1. The summed E-state index contributed by atoms with van der Waals surface area (Å²) in [7, 11) is 0. The summed E-state index contributed by atoms with van der Waals surface area (Å²) in [5.74, 6) is 0. The molecule has 1 heterocycles. The van der Waals surface area contributed by atoms with Gasteiger partial charge in [-0.1, -0.05) is 48.0 Å². The molecule has 0 N–H and O–H groups in total. The van der Waals surface area contributed by atoms with E-state index in [4.69, 9.17) is 4.98 Å². The van der Waals surface area contributed by atoms with Crippen LogP contribution in [0.3, 0.4) is 0 Å².